The molecule has 166 valence electrons. The molecule has 0 amide bonds. The third kappa shape index (κ3) is 4.88. The molecule has 0 radical (unpaired) electrons. The average Bonchev–Trinajstić information content (AvgIpc) is 3.15. The number of carboxylic acid groups (broad SMARTS) is 1. The minimum Gasteiger partial charge on any atom is -0.508 e. The molecule has 0 aromatic heterocycles. The third-order valence-corrected chi connectivity index (χ3v) is 6.06. The lowest BCUT2D eigenvalue weighted by molar-refractivity contribution is -0.137. The first kappa shape index (κ1) is 21.8. The smallest absolute Gasteiger partial charge is 0.304 e. The standard InChI is InChI=1S/C27H28O5/c1-17-5-3-8-23(18(2)11-25(17)28)20-7-4-6-19(12-20)15-31-22-9-10-24-21(13-27(29)30)16-32-26(24)14-22/h4,6-7,9-12,14,21,28H,1,3,5,8,13,15-16H2,2H3,(H,29,30)/b23-18+,25-11?/t21-/m1/s1. The number of rotatable bonds is 6. The van der Waals surface area contributed by atoms with Crippen molar-refractivity contribution in [3.05, 3.63) is 88.7 Å². The van der Waals surface area contributed by atoms with Crippen LogP contribution in [0.15, 0.2) is 72.0 Å². The number of carboxylic acids is 1. The molecule has 1 heterocycles. The summed E-state index contributed by atoms with van der Waals surface area (Å²) in [6, 6.07) is 13.9. The lowest BCUT2D eigenvalue weighted by atomic mass is 9.90. The molecule has 2 aromatic carbocycles. The van der Waals surface area contributed by atoms with Crippen LogP contribution in [0.3, 0.4) is 0 Å². The highest BCUT2D eigenvalue weighted by Crippen LogP contribution is 2.38. The first-order valence-corrected chi connectivity index (χ1v) is 10.9. The van der Waals surface area contributed by atoms with Gasteiger partial charge in [0.05, 0.1) is 13.0 Å². The molecule has 2 aliphatic rings. The summed E-state index contributed by atoms with van der Waals surface area (Å²) in [6.45, 7) is 6.77. The number of aliphatic hydroxyl groups is 1. The topological polar surface area (TPSA) is 76.0 Å². The van der Waals surface area contributed by atoms with Crippen molar-refractivity contribution < 1.29 is 24.5 Å². The molecule has 2 N–H and O–H groups in total. The summed E-state index contributed by atoms with van der Waals surface area (Å²) in [4.78, 5) is 11.0. The van der Waals surface area contributed by atoms with Crippen molar-refractivity contribution in [1.29, 1.82) is 0 Å². The van der Waals surface area contributed by atoms with Gasteiger partial charge in [0, 0.05) is 17.5 Å². The van der Waals surface area contributed by atoms with Gasteiger partial charge in [0.15, 0.2) is 0 Å². The van der Waals surface area contributed by atoms with Crippen LogP contribution < -0.4 is 9.47 Å². The summed E-state index contributed by atoms with van der Waals surface area (Å²) in [5, 5.41) is 19.2. The van der Waals surface area contributed by atoms with Gasteiger partial charge < -0.3 is 19.7 Å². The molecule has 0 unspecified atom stereocenters. The lowest BCUT2D eigenvalue weighted by Crippen LogP contribution is -2.07. The molecule has 2 aromatic rings. The summed E-state index contributed by atoms with van der Waals surface area (Å²) >= 11 is 0. The molecule has 1 aliphatic carbocycles. The molecule has 0 saturated heterocycles. The van der Waals surface area contributed by atoms with E-state index in [4.69, 9.17) is 14.6 Å². The minimum atomic E-state index is -0.822. The molecule has 0 spiro atoms. The van der Waals surface area contributed by atoms with Gasteiger partial charge in [0.2, 0.25) is 0 Å². The number of fused-ring (bicyclic) bond motifs is 1. The summed E-state index contributed by atoms with van der Waals surface area (Å²) in [7, 11) is 0. The first-order chi connectivity index (χ1) is 15.4. The van der Waals surface area contributed by atoms with Gasteiger partial charge in [0.1, 0.15) is 23.9 Å². The van der Waals surface area contributed by atoms with Crippen LogP contribution in [0.25, 0.3) is 5.57 Å². The fraction of sp³-hybridized carbons (Fsp3) is 0.296. The fourth-order valence-electron chi connectivity index (χ4n) is 4.31. The molecule has 5 heteroatoms. The van der Waals surface area contributed by atoms with Crippen molar-refractivity contribution in [2.45, 2.75) is 45.1 Å². The SMILES string of the molecule is C=C1CCC/C(c2cccc(COc3ccc4c(c3)OC[C@H]4CC(=O)O)c2)=C(/C)C=C1O. The number of aliphatic hydroxyl groups excluding tert-OH is 1. The normalized spacial score (nSPS) is 20.6. The minimum absolute atomic E-state index is 0.0658. The van der Waals surface area contributed by atoms with Gasteiger partial charge >= 0.3 is 5.97 Å². The van der Waals surface area contributed by atoms with Crippen LogP contribution in [0.2, 0.25) is 0 Å². The van der Waals surface area contributed by atoms with E-state index in [9.17, 15) is 9.90 Å². The Hall–Kier alpha value is -3.47. The summed E-state index contributed by atoms with van der Waals surface area (Å²) in [6.07, 6.45) is 4.54. The molecule has 1 aliphatic heterocycles. The fourth-order valence-corrected chi connectivity index (χ4v) is 4.31. The van der Waals surface area contributed by atoms with Crippen LogP contribution in [0, 0.1) is 0 Å². The van der Waals surface area contributed by atoms with Crippen LogP contribution in [-0.4, -0.2) is 22.8 Å². The van der Waals surface area contributed by atoms with Crippen LogP contribution in [-0.2, 0) is 11.4 Å². The quantitative estimate of drug-likeness (QED) is 0.571. The third-order valence-electron chi connectivity index (χ3n) is 6.06. The predicted octanol–water partition coefficient (Wildman–Crippen LogP) is 6.17. The Balaban J connectivity index is 1.48. The molecule has 32 heavy (non-hydrogen) atoms. The second kappa shape index (κ2) is 9.35. The number of carbonyl (C=O) groups is 1. The van der Waals surface area contributed by atoms with Gasteiger partial charge in [-0.05, 0) is 72.2 Å². The van der Waals surface area contributed by atoms with Crippen molar-refractivity contribution in [2.24, 2.45) is 0 Å². The van der Waals surface area contributed by atoms with E-state index >= 15 is 0 Å². The number of ether oxygens (including phenoxy) is 2. The van der Waals surface area contributed by atoms with E-state index in [1.165, 1.54) is 5.57 Å². The van der Waals surface area contributed by atoms with Crippen molar-refractivity contribution >= 4 is 11.5 Å². The maximum atomic E-state index is 11.0. The van der Waals surface area contributed by atoms with Gasteiger partial charge in [-0.3, -0.25) is 4.79 Å². The monoisotopic (exact) mass is 432 g/mol. The second-order valence-corrected chi connectivity index (χ2v) is 8.44. The second-order valence-electron chi connectivity index (χ2n) is 8.44. The van der Waals surface area contributed by atoms with Crippen LogP contribution in [0.5, 0.6) is 11.5 Å². The van der Waals surface area contributed by atoms with E-state index in [-0.39, 0.29) is 18.1 Å². The van der Waals surface area contributed by atoms with E-state index in [0.29, 0.717) is 24.7 Å². The Kier molecular flexibility index (Phi) is 6.35. The zero-order valence-corrected chi connectivity index (χ0v) is 18.3. The molecule has 0 saturated carbocycles. The number of aliphatic carboxylic acids is 1. The average molecular weight is 433 g/mol. The molecule has 0 bridgehead atoms. The summed E-state index contributed by atoms with van der Waals surface area (Å²) in [5.41, 5.74) is 6.17. The maximum absolute atomic E-state index is 11.0. The van der Waals surface area contributed by atoms with Crippen LogP contribution in [0.4, 0.5) is 0 Å². The number of allylic oxidation sites excluding steroid dienone is 4. The van der Waals surface area contributed by atoms with Crippen molar-refractivity contribution in [3.8, 4) is 11.5 Å². The molecule has 1 atom stereocenters. The van der Waals surface area contributed by atoms with Gasteiger partial charge in [-0.25, -0.2) is 0 Å². The zero-order chi connectivity index (χ0) is 22.7. The summed E-state index contributed by atoms with van der Waals surface area (Å²) < 4.78 is 11.7. The van der Waals surface area contributed by atoms with Crippen molar-refractivity contribution in [3.63, 3.8) is 0 Å². The Labute approximate surface area is 188 Å². The highest BCUT2D eigenvalue weighted by atomic mass is 16.5. The molecule has 4 rings (SSSR count). The van der Waals surface area contributed by atoms with E-state index in [1.807, 2.05) is 43.3 Å². The Bertz CT molecular complexity index is 1110. The van der Waals surface area contributed by atoms with Gasteiger partial charge in [-0.15, -0.1) is 0 Å². The summed E-state index contributed by atoms with van der Waals surface area (Å²) in [5.74, 6) is 0.726. The maximum Gasteiger partial charge on any atom is 0.304 e. The zero-order valence-electron chi connectivity index (χ0n) is 18.3. The molecule has 0 fully saturated rings. The number of hydrogen-bond donors (Lipinski definition) is 2. The number of hydrogen-bond acceptors (Lipinski definition) is 4. The van der Waals surface area contributed by atoms with Crippen LogP contribution >= 0.6 is 0 Å². The van der Waals surface area contributed by atoms with Crippen molar-refractivity contribution in [2.75, 3.05) is 6.61 Å². The lowest BCUT2D eigenvalue weighted by Gasteiger charge is -2.16. The highest BCUT2D eigenvalue weighted by molar-refractivity contribution is 5.71. The van der Waals surface area contributed by atoms with E-state index < -0.39 is 5.97 Å². The van der Waals surface area contributed by atoms with Gasteiger partial charge in [-0.2, -0.15) is 0 Å². The Morgan fingerprint density at radius 3 is 2.88 bits per heavy atom. The molecular weight excluding hydrogens is 404 g/mol. The molecule has 5 nitrogen and oxygen atoms in total. The molecular formula is C27H28O5. The Morgan fingerprint density at radius 1 is 1.22 bits per heavy atom. The van der Waals surface area contributed by atoms with E-state index in [1.54, 1.807) is 0 Å². The Morgan fingerprint density at radius 2 is 2.06 bits per heavy atom. The first-order valence-electron chi connectivity index (χ1n) is 10.9. The van der Waals surface area contributed by atoms with Crippen molar-refractivity contribution in [1.82, 2.24) is 0 Å². The number of benzene rings is 2. The van der Waals surface area contributed by atoms with E-state index in [0.717, 1.165) is 47.1 Å². The predicted molar refractivity (Wildman–Crippen MR) is 124 cm³/mol. The van der Waals surface area contributed by atoms with Crippen LogP contribution in [0.1, 0.15) is 55.2 Å². The largest absolute Gasteiger partial charge is 0.508 e. The van der Waals surface area contributed by atoms with Gasteiger partial charge in [0.25, 0.3) is 0 Å². The van der Waals surface area contributed by atoms with Gasteiger partial charge in [-0.1, -0.05) is 30.8 Å². The van der Waals surface area contributed by atoms with E-state index in [2.05, 4.69) is 18.7 Å². The highest BCUT2D eigenvalue weighted by Gasteiger charge is 2.26.